The van der Waals surface area contributed by atoms with Gasteiger partial charge in [-0.25, -0.2) is 9.59 Å². The topological polar surface area (TPSA) is 71.1 Å². The number of hydrogen-bond donors (Lipinski definition) is 0. The van der Waals surface area contributed by atoms with Crippen LogP contribution in [0.25, 0.3) is 0 Å². The molecule has 0 aliphatic carbocycles. The molecule has 0 saturated heterocycles. The zero-order valence-electron chi connectivity index (χ0n) is 12.0. The lowest BCUT2D eigenvalue weighted by Crippen LogP contribution is -2.45. The van der Waals surface area contributed by atoms with Gasteiger partial charge in [0.1, 0.15) is 0 Å². The van der Waals surface area contributed by atoms with Crippen LogP contribution in [0.5, 0.6) is 0 Å². The Balaban J connectivity index is 5.02. The van der Waals surface area contributed by atoms with E-state index >= 15 is 0 Å². The summed E-state index contributed by atoms with van der Waals surface area (Å²) in [6, 6.07) is 0. The van der Waals surface area contributed by atoms with Crippen molar-refractivity contribution in [1.29, 1.82) is 0 Å². The molecule has 0 fully saturated rings. The van der Waals surface area contributed by atoms with Crippen molar-refractivity contribution in [2.75, 3.05) is 26.4 Å². The third-order valence-corrected chi connectivity index (χ3v) is 2.10. The second-order valence-electron chi connectivity index (χ2n) is 3.59. The second kappa shape index (κ2) is 11.2. The highest BCUT2D eigenvalue weighted by Crippen LogP contribution is 2.10. The van der Waals surface area contributed by atoms with Crippen LogP contribution in [0.3, 0.4) is 0 Å². The number of ether oxygens (including phenoxy) is 4. The second-order valence-corrected chi connectivity index (χ2v) is 3.59. The predicted molar refractivity (Wildman–Crippen MR) is 73.1 cm³/mol. The smallest absolute Gasteiger partial charge is 0.338 e. The molecule has 20 heavy (non-hydrogen) atoms. The average molecular weight is 286 g/mol. The summed E-state index contributed by atoms with van der Waals surface area (Å²) in [5, 5.41) is 0. The van der Waals surface area contributed by atoms with Crippen LogP contribution in [0.2, 0.25) is 0 Å². The van der Waals surface area contributed by atoms with E-state index < -0.39 is 24.1 Å². The lowest BCUT2D eigenvalue weighted by Gasteiger charge is -2.23. The minimum Gasteiger partial charge on any atom is -0.464 e. The molecule has 0 rings (SSSR count). The van der Waals surface area contributed by atoms with Crippen LogP contribution in [-0.4, -0.2) is 50.6 Å². The van der Waals surface area contributed by atoms with Gasteiger partial charge < -0.3 is 18.9 Å². The quantitative estimate of drug-likeness (QED) is 0.420. The van der Waals surface area contributed by atoms with Gasteiger partial charge in [-0.3, -0.25) is 0 Å². The van der Waals surface area contributed by atoms with E-state index in [0.717, 1.165) is 0 Å². The van der Waals surface area contributed by atoms with Crippen molar-refractivity contribution >= 4 is 11.9 Å². The van der Waals surface area contributed by atoms with Crippen LogP contribution in [-0.2, 0) is 28.5 Å². The molecule has 0 amide bonds. The molecule has 6 heteroatoms. The lowest BCUT2D eigenvalue weighted by atomic mass is 10.2. The van der Waals surface area contributed by atoms with E-state index in [4.69, 9.17) is 18.9 Å². The molecule has 0 bridgehead atoms. The molecule has 6 nitrogen and oxygen atoms in total. The zero-order valence-corrected chi connectivity index (χ0v) is 12.0. The molecule has 0 saturated carbocycles. The Hall–Kier alpha value is -1.66. The highest BCUT2D eigenvalue weighted by atomic mass is 16.6. The summed E-state index contributed by atoms with van der Waals surface area (Å²) in [7, 11) is 0. The summed E-state index contributed by atoms with van der Waals surface area (Å²) in [6.07, 6.45) is 0.517. The number of hydrogen-bond acceptors (Lipinski definition) is 6. The minimum atomic E-state index is -1.20. The van der Waals surface area contributed by atoms with Gasteiger partial charge in [0, 0.05) is 0 Å². The minimum absolute atomic E-state index is 0.0802. The van der Waals surface area contributed by atoms with E-state index in [-0.39, 0.29) is 26.4 Å². The molecule has 0 spiro atoms. The lowest BCUT2D eigenvalue weighted by molar-refractivity contribution is -0.180. The fourth-order valence-electron chi connectivity index (χ4n) is 1.35. The molecule has 0 heterocycles. The molecule has 0 N–H and O–H groups in total. The first-order chi connectivity index (χ1) is 9.62. The summed E-state index contributed by atoms with van der Waals surface area (Å²) >= 11 is 0. The Morgan fingerprint density at radius 2 is 1.25 bits per heavy atom. The summed E-state index contributed by atoms with van der Waals surface area (Å²) in [4.78, 5) is 23.7. The Morgan fingerprint density at radius 1 is 0.900 bits per heavy atom. The Bertz CT molecular complexity index is 294. The van der Waals surface area contributed by atoms with Crippen molar-refractivity contribution in [2.45, 2.75) is 26.1 Å². The van der Waals surface area contributed by atoms with Gasteiger partial charge in [-0.2, -0.15) is 0 Å². The van der Waals surface area contributed by atoms with Crippen LogP contribution in [0.4, 0.5) is 0 Å². The monoisotopic (exact) mass is 286 g/mol. The van der Waals surface area contributed by atoms with E-state index in [0.29, 0.717) is 0 Å². The van der Waals surface area contributed by atoms with Crippen molar-refractivity contribution in [1.82, 2.24) is 0 Å². The number of rotatable bonds is 11. The van der Waals surface area contributed by atoms with Gasteiger partial charge in [-0.1, -0.05) is 12.2 Å². The summed E-state index contributed by atoms with van der Waals surface area (Å²) < 4.78 is 20.3. The standard InChI is InChI=1S/C14H22O6/c1-5-9-19-11(13(15)17-7-3)12(20-10-6-2)14(16)18-8-4/h5-6,11-12H,1-2,7-10H2,3-4H3/t11-,12-/m1/s1. The number of esters is 2. The van der Waals surface area contributed by atoms with Crippen molar-refractivity contribution in [3.05, 3.63) is 25.3 Å². The van der Waals surface area contributed by atoms with Gasteiger partial charge in [-0.15, -0.1) is 13.2 Å². The van der Waals surface area contributed by atoms with E-state index in [1.807, 2.05) is 0 Å². The molecule has 0 aliphatic heterocycles. The van der Waals surface area contributed by atoms with Gasteiger partial charge in [0.2, 0.25) is 0 Å². The molecule has 114 valence electrons. The van der Waals surface area contributed by atoms with Crippen molar-refractivity contribution in [3.8, 4) is 0 Å². The SMILES string of the molecule is C=CCO[C@@H](C(=O)OCC)[C@@H](OCC=C)C(=O)OCC. The van der Waals surface area contributed by atoms with Gasteiger partial charge >= 0.3 is 11.9 Å². The third kappa shape index (κ3) is 6.49. The fraction of sp³-hybridized carbons (Fsp3) is 0.571. The van der Waals surface area contributed by atoms with E-state index in [1.54, 1.807) is 13.8 Å². The number of carbonyl (C=O) groups is 2. The normalized spacial score (nSPS) is 13.1. The third-order valence-electron chi connectivity index (χ3n) is 2.10. The van der Waals surface area contributed by atoms with Gasteiger partial charge in [-0.05, 0) is 13.8 Å². The van der Waals surface area contributed by atoms with Crippen LogP contribution < -0.4 is 0 Å². The zero-order chi connectivity index (χ0) is 15.4. The Kier molecular flexibility index (Phi) is 10.3. The maximum atomic E-state index is 11.9. The Labute approximate surface area is 119 Å². The molecular weight excluding hydrogens is 264 g/mol. The first-order valence-electron chi connectivity index (χ1n) is 6.40. The molecule has 0 unspecified atom stereocenters. The van der Waals surface area contributed by atoms with Gasteiger partial charge in [0.05, 0.1) is 26.4 Å². The maximum Gasteiger partial charge on any atom is 0.338 e. The molecule has 0 radical (unpaired) electrons. The average Bonchev–Trinajstić information content (AvgIpc) is 2.42. The molecule has 2 atom stereocenters. The maximum absolute atomic E-state index is 11.9. The first kappa shape index (κ1) is 18.3. The van der Waals surface area contributed by atoms with E-state index in [9.17, 15) is 9.59 Å². The van der Waals surface area contributed by atoms with Crippen molar-refractivity contribution in [3.63, 3.8) is 0 Å². The van der Waals surface area contributed by atoms with Gasteiger partial charge in [0.15, 0.2) is 12.2 Å². The van der Waals surface area contributed by atoms with Crippen molar-refractivity contribution in [2.24, 2.45) is 0 Å². The van der Waals surface area contributed by atoms with Crippen molar-refractivity contribution < 1.29 is 28.5 Å². The molecular formula is C14H22O6. The molecule has 0 aliphatic rings. The molecule has 0 aromatic carbocycles. The highest BCUT2D eigenvalue weighted by Gasteiger charge is 2.37. The largest absolute Gasteiger partial charge is 0.464 e. The highest BCUT2D eigenvalue weighted by molar-refractivity contribution is 5.85. The summed E-state index contributed by atoms with van der Waals surface area (Å²) in [5.74, 6) is -1.37. The van der Waals surface area contributed by atoms with E-state index in [1.165, 1.54) is 12.2 Å². The van der Waals surface area contributed by atoms with Crippen LogP contribution in [0, 0.1) is 0 Å². The number of carbonyl (C=O) groups excluding carboxylic acids is 2. The van der Waals surface area contributed by atoms with Crippen LogP contribution >= 0.6 is 0 Å². The summed E-state index contributed by atoms with van der Waals surface area (Å²) in [5.41, 5.74) is 0. The van der Waals surface area contributed by atoms with Crippen LogP contribution in [0.15, 0.2) is 25.3 Å². The summed E-state index contributed by atoms with van der Waals surface area (Å²) in [6.45, 7) is 10.8. The van der Waals surface area contributed by atoms with E-state index in [2.05, 4.69) is 13.2 Å². The fourth-order valence-corrected chi connectivity index (χ4v) is 1.35. The molecule has 0 aromatic heterocycles. The van der Waals surface area contributed by atoms with Gasteiger partial charge in [0.25, 0.3) is 0 Å². The predicted octanol–water partition coefficient (Wildman–Crippen LogP) is 1.25. The Morgan fingerprint density at radius 3 is 1.50 bits per heavy atom. The van der Waals surface area contributed by atoms with Crippen LogP contribution in [0.1, 0.15) is 13.8 Å². The molecule has 0 aromatic rings. The first-order valence-corrected chi connectivity index (χ1v) is 6.40.